The molecule has 2 aromatic rings. The van der Waals surface area contributed by atoms with Crippen LogP contribution in [0.2, 0.25) is 0 Å². The Hall–Kier alpha value is -2.04. The number of hydrogen-bond donors (Lipinski definition) is 0. The molecule has 0 saturated carbocycles. The zero-order valence-corrected chi connectivity index (χ0v) is 12.2. The minimum atomic E-state index is -4.32. The summed E-state index contributed by atoms with van der Waals surface area (Å²) in [4.78, 5) is 4.17. The minimum absolute atomic E-state index is 0. The van der Waals surface area contributed by atoms with E-state index in [0.29, 0.717) is 0 Å². The minimum Gasteiger partial charge on any atom is -0.484 e. The summed E-state index contributed by atoms with van der Waals surface area (Å²) in [5, 5.41) is 0. The summed E-state index contributed by atoms with van der Waals surface area (Å²) in [5.74, 6) is 0.196. The van der Waals surface area contributed by atoms with Gasteiger partial charge < -0.3 is 4.74 Å². The van der Waals surface area contributed by atoms with Gasteiger partial charge in [0, 0.05) is 17.5 Å². The Bertz CT molecular complexity index is 533. The molecule has 122 valence electrons. The largest absolute Gasteiger partial charge is 0.484 e. The molecule has 0 fully saturated rings. The van der Waals surface area contributed by atoms with Gasteiger partial charge in [0.25, 0.3) is 0 Å². The van der Waals surface area contributed by atoms with E-state index in [-0.39, 0.29) is 13.2 Å². The lowest BCUT2D eigenvalue weighted by Crippen LogP contribution is -2.19. The van der Waals surface area contributed by atoms with E-state index >= 15 is 0 Å². The highest BCUT2D eigenvalue weighted by Crippen LogP contribution is 2.23. The van der Waals surface area contributed by atoms with Crippen LogP contribution in [0.1, 0.15) is 27.0 Å². The molecule has 2 nitrogen and oxygen atoms in total. The molecule has 0 N–H and O–H groups in total. The summed E-state index contributed by atoms with van der Waals surface area (Å²) in [7, 11) is 0. The average Bonchev–Trinajstić information content (AvgIpc) is 2.48. The number of nitrogens with zero attached hydrogens (tertiary/aromatic N) is 1. The van der Waals surface area contributed by atoms with E-state index in [4.69, 9.17) is 0 Å². The number of rotatable bonds is 3. The Kier molecular flexibility index (Phi) is 8.23. The molecule has 0 aliphatic rings. The maximum Gasteiger partial charge on any atom is 0.422 e. The van der Waals surface area contributed by atoms with Crippen LogP contribution >= 0.6 is 0 Å². The van der Waals surface area contributed by atoms with Crippen molar-refractivity contribution in [3.63, 3.8) is 0 Å². The van der Waals surface area contributed by atoms with E-state index in [1.54, 1.807) is 18.3 Å². The zero-order chi connectivity index (χ0) is 15.9. The monoisotopic (exact) mass is 313 g/mol. The van der Waals surface area contributed by atoms with Gasteiger partial charge in [0.15, 0.2) is 6.61 Å². The summed E-state index contributed by atoms with van der Waals surface area (Å²) in [6.45, 7) is 4.61. The van der Waals surface area contributed by atoms with E-state index in [1.165, 1.54) is 12.1 Å². The molecule has 0 saturated heterocycles. The van der Waals surface area contributed by atoms with Crippen molar-refractivity contribution in [3.05, 3.63) is 48.3 Å². The Morgan fingerprint density at radius 1 is 0.955 bits per heavy atom. The molecule has 1 heterocycles. The van der Waals surface area contributed by atoms with Crippen LogP contribution < -0.4 is 4.74 Å². The van der Waals surface area contributed by atoms with Gasteiger partial charge in [0.2, 0.25) is 0 Å². The third kappa shape index (κ3) is 6.61. The van der Waals surface area contributed by atoms with E-state index in [9.17, 15) is 13.2 Å². The molecule has 1 aromatic heterocycles. The average molecular weight is 313 g/mol. The molecule has 0 unspecified atom stereocenters. The van der Waals surface area contributed by atoms with Crippen LogP contribution in [0.25, 0.3) is 11.1 Å². The number of alkyl halides is 3. The van der Waals surface area contributed by atoms with Crippen molar-refractivity contribution in [3.8, 4) is 16.9 Å². The molecule has 2 rings (SSSR count). The predicted molar refractivity (Wildman–Crippen MR) is 84.0 cm³/mol. The first-order chi connectivity index (χ1) is 9.94. The fourth-order valence-corrected chi connectivity index (χ4v) is 1.55. The van der Waals surface area contributed by atoms with Gasteiger partial charge in [-0.05, 0) is 30.7 Å². The number of aryl methyl sites for hydroxylation is 1. The fraction of sp³-hybridized carbons (Fsp3) is 0.353. The standard InChI is InChI=1S/C14H12F3NO.C2H6.CH4/c1-10-2-3-12(8-18-10)11-4-6-13(7-5-11)19-9-14(15,16)17;1-2;/h2-8H,9H2,1H3;1-2H3;1H4. The van der Waals surface area contributed by atoms with Crippen molar-refractivity contribution in [2.24, 2.45) is 0 Å². The third-order valence-corrected chi connectivity index (χ3v) is 2.50. The number of aromatic nitrogens is 1. The number of pyridine rings is 1. The van der Waals surface area contributed by atoms with Crippen LogP contribution in [0.15, 0.2) is 42.6 Å². The maximum atomic E-state index is 12.0. The zero-order valence-electron chi connectivity index (χ0n) is 12.2. The summed E-state index contributed by atoms with van der Waals surface area (Å²) in [6.07, 6.45) is -2.60. The van der Waals surface area contributed by atoms with Crippen LogP contribution in [0.4, 0.5) is 13.2 Å². The second-order valence-electron chi connectivity index (χ2n) is 4.12. The van der Waals surface area contributed by atoms with Crippen molar-refractivity contribution in [2.75, 3.05) is 6.61 Å². The topological polar surface area (TPSA) is 22.1 Å². The summed E-state index contributed by atoms with van der Waals surface area (Å²) in [6, 6.07) is 10.2. The highest BCUT2D eigenvalue weighted by Gasteiger charge is 2.28. The van der Waals surface area contributed by atoms with Crippen molar-refractivity contribution >= 4 is 0 Å². The third-order valence-electron chi connectivity index (χ3n) is 2.50. The fourth-order valence-electron chi connectivity index (χ4n) is 1.55. The Balaban J connectivity index is 0.00000141. The first kappa shape index (κ1) is 20.0. The van der Waals surface area contributed by atoms with E-state index < -0.39 is 12.8 Å². The molecular formula is C17H22F3NO. The first-order valence-corrected chi connectivity index (χ1v) is 6.67. The predicted octanol–water partition coefficient (Wildman–Crippen LogP) is 5.66. The molecule has 0 amide bonds. The van der Waals surface area contributed by atoms with Gasteiger partial charge in [-0.1, -0.05) is 39.5 Å². The van der Waals surface area contributed by atoms with Gasteiger partial charge in [-0.15, -0.1) is 0 Å². The van der Waals surface area contributed by atoms with Crippen LogP contribution in [0.5, 0.6) is 5.75 Å². The van der Waals surface area contributed by atoms with Crippen LogP contribution in [0, 0.1) is 6.92 Å². The quantitative estimate of drug-likeness (QED) is 0.729. The van der Waals surface area contributed by atoms with Gasteiger partial charge >= 0.3 is 6.18 Å². The smallest absolute Gasteiger partial charge is 0.422 e. The Labute approximate surface area is 130 Å². The highest BCUT2D eigenvalue weighted by atomic mass is 19.4. The second kappa shape index (κ2) is 9.07. The molecule has 0 bridgehead atoms. The SMILES string of the molecule is C.CC.Cc1ccc(-c2ccc(OCC(F)(F)F)cc2)cn1. The molecule has 0 atom stereocenters. The van der Waals surface area contributed by atoms with Crippen LogP contribution in [-0.4, -0.2) is 17.8 Å². The Morgan fingerprint density at radius 3 is 1.95 bits per heavy atom. The second-order valence-corrected chi connectivity index (χ2v) is 4.12. The summed E-state index contributed by atoms with van der Waals surface area (Å²) < 4.78 is 40.6. The van der Waals surface area contributed by atoms with E-state index in [0.717, 1.165) is 16.8 Å². The number of benzene rings is 1. The Morgan fingerprint density at radius 2 is 1.50 bits per heavy atom. The molecule has 0 aliphatic heterocycles. The van der Waals surface area contributed by atoms with Crippen molar-refractivity contribution < 1.29 is 17.9 Å². The van der Waals surface area contributed by atoms with Crippen molar-refractivity contribution in [1.82, 2.24) is 4.98 Å². The molecule has 0 aliphatic carbocycles. The van der Waals surface area contributed by atoms with Gasteiger partial charge in [0.1, 0.15) is 5.75 Å². The molecule has 0 radical (unpaired) electrons. The number of halogens is 3. The van der Waals surface area contributed by atoms with Gasteiger partial charge in [-0.2, -0.15) is 13.2 Å². The molecule has 5 heteroatoms. The van der Waals surface area contributed by atoms with Crippen LogP contribution in [0.3, 0.4) is 0 Å². The van der Waals surface area contributed by atoms with Gasteiger partial charge in [0.05, 0.1) is 0 Å². The number of ether oxygens (including phenoxy) is 1. The van der Waals surface area contributed by atoms with Crippen molar-refractivity contribution in [2.45, 2.75) is 34.4 Å². The lowest BCUT2D eigenvalue weighted by atomic mass is 10.1. The molecule has 0 spiro atoms. The summed E-state index contributed by atoms with van der Waals surface area (Å²) >= 11 is 0. The van der Waals surface area contributed by atoms with E-state index in [1.807, 2.05) is 32.9 Å². The molecule has 22 heavy (non-hydrogen) atoms. The summed E-state index contributed by atoms with van der Waals surface area (Å²) in [5.41, 5.74) is 2.70. The number of hydrogen-bond acceptors (Lipinski definition) is 2. The van der Waals surface area contributed by atoms with Crippen molar-refractivity contribution in [1.29, 1.82) is 0 Å². The lowest BCUT2D eigenvalue weighted by Gasteiger charge is -2.09. The normalized spacial score (nSPS) is 10.1. The van der Waals surface area contributed by atoms with Crippen LogP contribution in [-0.2, 0) is 0 Å². The first-order valence-electron chi connectivity index (χ1n) is 6.67. The van der Waals surface area contributed by atoms with Gasteiger partial charge in [-0.25, -0.2) is 0 Å². The lowest BCUT2D eigenvalue weighted by molar-refractivity contribution is -0.153. The highest BCUT2D eigenvalue weighted by molar-refractivity contribution is 5.63. The molecular weight excluding hydrogens is 291 g/mol. The molecule has 1 aromatic carbocycles. The van der Waals surface area contributed by atoms with Gasteiger partial charge in [-0.3, -0.25) is 4.98 Å². The maximum absolute atomic E-state index is 12.0. The van der Waals surface area contributed by atoms with E-state index in [2.05, 4.69) is 9.72 Å².